The zero-order chi connectivity index (χ0) is 5.98. The van der Waals surface area contributed by atoms with E-state index in [0.29, 0.717) is 0 Å². The summed E-state index contributed by atoms with van der Waals surface area (Å²) in [5.74, 6) is 0. The summed E-state index contributed by atoms with van der Waals surface area (Å²) in [6.07, 6.45) is 0. The van der Waals surface area contributed by atoms with E-state index in [9.17, 15) is 0 Å². The molecule has 1 aromatic carbocycles. The van der Waals surface area contributed by atoms with Crippen LogP contribution in [0.15, 0.2) is 24.3 Å². The van der Waals surface area contributed by atoms with Crippen LogP contribution in [0.4, 0.5) is 0 Å². The van der Waals surface area contributed by atoms with Crippen LogP contribution in [0.3, 0.4) is 0 Å². The molecule has 0 radical (unpaired) electrons. The predicted molar refractivity (Wildman–Crippen MR) is 35.9 cm³/mol. The number of hydrogen-bond acceptors (Lipinski definition) is 0. The van der Waals surface area contributed by atoms with Gasteiger partial charge < -0.3 is 24.8 Å². The molecule has 0 fully saturated rings. The van der Waals surface area contributed by atoms with Crippen molar-refractivity contribution in [1.29, 1.82) is 0 Å². The van der Waals surface area contributed by atoms with Gasteiger partial charge in [0.2, 0.25) is 0 Å². The number of hydrogen-bond donors (Lipinski definition) is 0. The van der Waals surface area contributed by atoms with Gasteiger partial charge in [-0.15, -0.1) is 0 Å². The van der Waals surface area contributed by atoms with E-state index in [1.807, 2.05) is 0 Å². The van der Waals surface area contributed by atoms with Crippen molar-refractivity contribution >= 4 is 0 Å². The number of rotatable bonds is 0. The van der Waals surface area contributed by atoms with Gasteiger partial charge in [-0.2, -0.15) is 0 Å². The minimum Gasteiger partial charge on any atom is -1.00 e. The van der Waals surface area contributed by atoms with Crippen LogP contribution >= 0.6 is 0 Å². The molecule has 1 aromatic rings. The molecule has 0 spiro atoms. The summed E-state index contributed by atoms with van der Waals surface area (Å²) in [7, 11) is 0. The summed E-state index contributed by atoms with van der Waals surface area (Å²) < 4.78 is 0. The molecule has 0 aliphatic carbocycles. The molecule has 0 atom stereocenters. The van der Waals surface area contributed by atoms with Gasteiger partial charge in [0.25, 0.3) is 0 Å². The van der Waals surface area contributed by atoms with Gasteiger partial charge in [-0.25, -0.2) is 0 Å². The standard InChI is InChI=1S/C8H10.2ClH.Ru/c1-7-4-3-5-8(2)6-7;;;/h3-6H,1-2H3;2*1H;/q;;;+2/p-2. The number of benzene rings is 1. The summed E-state index contributed by atoms with van der Waals surface area (Å²) >= 11 is 0. The zero-order valence-corrected chi connectivity index (χ0v) is 9.67. The molecule has 3 heteroatoms. The Balaban J connectivity index is -0.000000213. The number of aryl methyl sites for hydroxylation is 2. The first kappa shape index (κ1) is 17.5. The third-order valence-electron chi connectivity index (χ3n) is 1.17. The van der Waals surface area contributed by atoms with Gasteiger partial charge in [-0.3, -0.25) is 0 Å². The summed E-state index contributed by atoms with van der Waals surface area (Å²) in [6, 6.07) is 8.45. The largest absolute Gasteiger partial charge is 2.00 e. The average molecular weight is 278 g/mol. The molecule has 0 aliphatic heterocycles. The zero-order valence-electron chi connectivity index (χ0n) is 6.42. The Morgan fingerprint density at radius 3 is 1.45 bits per heavy atom. The van der Waals surface area contributed by atoms with Gasteiger partial charge in [0, 0.05) is 0 Å². The van der Waals surface area contributed by atoms with Crippen LogP contribution in [0.25, 0.3) is 0 Å². The van der Waals surface area contributed by atoms with Gasteiger partial charge in [0.15, 0.2) is 0 Å². The van der Waals surface area contributed by atoms with Gasteiger partial charge in [-0.05, 0) is 13.8 Å². The molecular weight excluding hydrogens is 268 g/mol. The van der Waals surface area contributed by atoms with Gasteiger partial charge in [0.05, 0.1) is 0 Å². The molecular formula is C8H10Cl2Ru. The second-order valence-electron chi connectivity index (χ2n) is 2.16. The predicted octanol–water partition coefficient (Wildman–Crippen LogP) is -3.69. The van der Waals surface area contributed by atoms with Crippen molar-refractivity contribution < 1.29 is 44.3 Å². The smallest absolute Gasteiger partial charge is 1.00 e. The molecule has 0 aliphatic rings. The van der Waals surface area contributed by atoms with Gasteiger partial charge in [0.1, 0.15) is 0 Å². The molecule has 0 saturated heterocycles. The van der Waals surface area contributed by atoms with Crippen molar-refractivity contribution in [2.75, 3.05) is 0 Å². The van der Waals surface area contributed by atoms with E-state index in [4.69, 9.17) is 0 Å². The quantitative estimate of drug-likeness (QED) is 0.429. The SMILES string of the molecule is Cc1cccc(C)c1.[Cl-].[Cl-].[Ru+2]. The fourth-order valence-electron chi connectivity index (χ4n) is 0.807. The fourth-order valence-corrected chi connectivity index (χ4v) is 0.807. The summed E-state index contributed by atoms with van der Waals surface area (Å²) in [4.78, 5) is 0. The molecule has 0 amide bonds. The second-order valence-corrected chi connectivity index (χ2v) is 2.16. The summed E-state index contributed by atoms with van der Waals surface area (Å²) in [5.41, 5.74) is 2.68. The Kier molecular flexibility index (Phi) is 13.5. The Labute approximate surface area is 93.4 Å². The van der Waals surface area contributed by atoms with Crippen LogP contribution in [0.1, 0.15) is 11.1 Å². The Hall–Kier alpha value is 0.423. The fraction of sp³-hybridized carbons (Fsp3) is 0.250. The molecule has 11 heavy (non-hydrogen) atoms. The summed E-state index contributed by atoms with van der Waals surface area (Å²) in [6.45, 7) is 4.21. The van der Waals surface area contributed by atoms with Crippen LogP contribution in [0.2, 0.25) is 0 Å². The van der Waals surface area contributed by atoms with Crippen molar-refractivity contribution in [2.45, 2.75) is 13.8 Å². The normalized spacial score (nSPS) is 6.73. The molecule has 64 valence electrons. The van der Waals surface area contributed by atoms with Gasteiger partial charge >= 0.3 is 19.5 Å². The Morgan fingerprint density at radius 1 is 0.909 bits per heavy atom. The first-order valence-corrected chi connectivity index (χ1v) is 2.82. The average Bonchev–Trinajstić information content (AvgIpc) is 1.64. The molecule has 0 N–H and O–H groups in total. The van der Waals surface area contributed by atoms with Gasteiger partial charge in [-0.1, -0.05) is 35.4 Å². The topological polar surface area (TPSA) is 0 Å². The van der Waals surface area contributed by atoms with E-state index < -0.39 is 0 Å². The minimum absolute atomic E-state index is 0. The van der Waals surface area contributed by atoms with Crippen molar-refractivity contribution in [3.8, 4) is 0 Å². The van der Waals surface area contributed by atoms with Crippen LogP contribution in [-0.2, 0) is 19.5 Å². The maximum Gasteiger partial charge on any atom is 2.00 e. The van der Waals surface area contributed by atoms with E-state index in [0.717, 1.165) is 0 Å². The Bertz CT molecular complexity index is 172. The first-order valence-electron chi connectivity index (χ1n) is 2.82. The molecule has 0 bridgehead atoms. The molecule has 0 aromatic heterocycles. The maximum absolute atomic E-state index is 2.17. The van der Waals surface area contributed by atoms with Crippen molar-refractivity contribution in [3.63, 3.8) is 0 Å². The van der Waals surface area contributed by atoms with E-state index in [-0.39, 0.29) is 44.3 Å². The first-order chi connectivity index (χ1) is 3.79. The van der Waals surface area contributed by atoms with E-state index in [1.54, 1.807) is 0 Å². The van der Waals surface area contributed by atoms with Crippen LogP contribution in [-0.4, -0.2) is 0 Å². The number of halogens is 2. The molecule has 0 heterocycles. The van der Waals surface area contributed by atoms with Crippen LogP contribution < -0.4 is 24.8 Å². The van der Waals surface area contributed by atoms with Crippen molar-refractivity contribution in [2.24, 2.45) is 0 Å². The Morgan fingerprint density at radius 2 is 1.27 bits per heavy atom. The summed E-state index contributed by atoms with van der Waals surface area (Å²) in [5, 5.41) is 0. The molecule has 0 saturated carbocycles. The van der Waals surface area contributed by atoms with Crippen molar-refractivity contribution in [1.82, 2.24) is 0 Å². The van der Waals surface area contributed by atoms with E-state index >= 15 is 0 Å². The van der Waals surface area contributed by atoms with E-state index in [1.165, 1.54) is 11.1 Å². The third-order valence-corrected chi connectivity index (χ3v) is 1.17. The molecule has 0 nitrogen and oxygen atoms in total. The monoisotopic (exact) mass is 278 g/mol. The van der Waals surface area contributed by atoms with Crippen LogP contribution in [0.5, 0.6) is 0 Å². The maximum atomic E-state index is 2.17. The molecule has 1 rings (SSSR count). The third kappa shape index (κ3) is 6.81. The molecule has 0 unspecified atom stereocenters. The van der Waals surface area contributed by atoms with Crippen LogP contribution in [0, 0.1) is 13.8 Å². The van der Waals surface area contributed by atoms with E-state index in [2.05, 4.69) is 38.1 Å². The van der Waals surface area contributed by atoms with Crippen molar-refractivity contribution in [3.05, 3.63) is 35.4 Å². The second kappa shape index (κ2) is 8.52. The minimum atomic E-state index is 0.